The molecule has 78 valence electrons. The number of rotatable bonds is 2. The van der Waals surface area contributed by atoms with Gasteiger partial charge in [0.25, 0.3) is 0 Å². The minimum atomic E-state index is 0.0790. The molecule has 2 N–H and O–H groups in total. The smallest absolute Gasteiger partial charge is 0.0674 e. The molecule has 1 atom stereocenters. The van der Waals surface area contributed by atoms with E-state index in [9.17, 15) is 0 Å². The van der Waals surface area contributed by atoms with E-state index >= 15 is 0 Å². The van der Waals surface area contributed by atoms with Crippen molar-refractivity contribution in [2.75, 3.05) is 0 Å². The molecule has 2 rings (SSSR count). The molecule has 0 aliphatic carbocycles. The van der Waals surface area contributed by atoms with E-state index in [0.717, 1.165) is 11.3 Å². The molecule has 3 heteroatoms. The third-order valence-corrected chi connectivity index (χ3v) is 2.50. The van der Waals surface area contributed by atoms with E-state index in [4.69, 9.17) is 5.73 Å². The van der Waals surface area contributed by atoms with Crippen molar-refractivity contribution in [2.45, 2.75) is 19.9 Å². The van der Waals surface area contributed by atoms with E-state index in [2.05, 4.69) is 30.2 Å². The van der Waals surface area contributed by atoms with Crippen LogP contribution in [0.15, 0.2) is 36.7 Å². The molecule has 3 nitrogen and oxygen atoms in total. The van der Waals surface area contributed by atoms with Gasteiger partial charge in [0.1, 0.15) is 0 Å². The van der Waals surface area contributed by atoms with Gasteiger partial charge in [-0.25, -0.2) is 4.68 Å². The van der Waals surface area contributed by atoms with Crippen molar-refractivity contribution in [3.63, 3.8) is 0 Å². The number of hydrogen-bond donors (Lipinski definition) is 1. The summed E-state index contributed by atoms with van der Waals surface area (Å²) in [6, 6.07) is 8.21. The SMILES string of the molecule is Cc1cc([C@@H](C)N)ccc1-n1cccn1. The van der Waals surface area contributed by atoms with Crippen LogP contribution in [0.5, 0.6) is 0 Å². The Morgan fingerprint density at radius 1 is 1.40 bits per heavy atom. The number of aromatic nitrogens is 2. The highest BCUT2D eigenvalue weighted by Gasteiger charge is 2.04. The summed E-state index contributed by atoms with van der Waals surface area (Å²) < 4.78 is 1.86. The van der Waals surface area contributed by atoms with Crippen LogP contribution < -0.4 is 5.73 Å². The van der Waals surface area contributed by atoms with E-state index in [1.54, 1.807) is 6.20 Å². The van der Waals surface area contributed by atoms with E-state index in [1.165, 1.54) is 5.56 Å². The van der Waals surface area contributed by atoms with Crippen LogP contribution >= 0.6 is 0 Å². The molecule has 0 spiro atoms. The number of nitrogens with zero attached hydrogens (tertiary/aromatic N) is 2. The van der Waals surface area contributed by atoms with Crippen LogP contribution in [0.2, 0.25) is 0 Å². The lowest BCUT2D eigenvalue weighted by Gasteiger charge is -2.10. The highest BCUT2D eigenvalue weighted by Crippen LogP contribution is 2.18. The zero-order chi connectivity index (χ0) is 10.8. The minimum absolute atomic E-state index is 0.0790. The molecule has 0 amide bonds. The first-order chi connectivity index (χ1) is 7.18. The third-order valence-electron chi connectivity index (χ3n) is 2.50. The Hall–Kier alpha value is -1.61. The topological polar surface area (TPSA) is 43.8 Å². The van der Waals surface area contributed by atoms with Crippen LogP contribution in [0.4, 0.5) is 0 Å². The fraction of sp³-hybridized carbons (Fsp3) is 0.250. The molecule has 2 aromatic rings. The van der Waals surface area contributed by atoms with Gasteiger partial charge in [0.05, 0.1) is 5.69 Å². The third kappa shape index (κ3) is 1.92. The molecule has 0 saturated carbocycles. The van der Waals surface area contributed by atoms with Gasteiger partial charge >= 0.3 is 0 Å². The maximum atomic E-state index is 5.83. The zero-order valence-electron chi connectivity index (χ0n) is 9.01. The minimum Gasteiger partial charge on any atom is -0.324 e. The van der Waals surface area contributed by atoms with Gasteiger partial charge in [-0.15, -0.1) is 0 Å². The molecule has 15 heavy (non-hydrogen) atoms. The molecule has 0 fully saturated rings. The van der Waals surface area contributed by atoms with Gasteiger partial charge < -0.3 is 5.73 Å². The Labute approximate surface area is 89.5 Å². The Bertz CT molecular complexity index is 444. The fourth-order valence-corrected chi connectivity index (χ4v) is 1.63. The van der Waals surface area contributed by atoms with Gasteiger partial charge in [-0.2, -0.15) is 5.10 Å². The number of aryl methyl sites for hydroxylation is 1. The van der Waals surface area contributed by atoms with Crippen molar-refractivity contribution < 1.29 is 0 Å². The van der Waals surface area contributed by atoms with E-state index < -0.39 is 0 Å². The van der Waals surface area contributed by atoms with Gasteiger partial charge in [-0.3, -0.25) is 0 Å². The predicted octanol–water partition coefficient (Wildman–Crippen LogP) is 2.20. The number of hydrogen-bond acceptors (Lipinski definition) is 2. The monoisotopic (exact) mass is 201 g/mol. The molecule has 0 aliphatic heterocycles. The van der Waals surface area contributed by atoms with Crippen LogP contribution in [0.1, 0.15) is 24.1 Å². The molecule has 1 aromatic heterocycles. The van der Waals surface area contributed by atoms with Crippen LogP contribution in [0.25, 0.3) is 5.69 Å². The van der Waals surface area contributed by atoms with E-state index in [1.807, 2.05) is 23.9 Å². The summed E-state index contributed by atoms with van der Waals surface area (Å²) in [7, 11) is 0. The van der Waals surface area contributed by atoms with Crippen molar-refractivity contribution in [2.24, 2.45) is 5.73 Å². The summed E-state index contributed by atoms with van der Waals surface area (Å²) in [5, 5.41) is 4.21. The standard InChI is InChI=1S/C12H15N3/c1-9-8-11(10(2)13)4-5-12(9)15-7-3-6-14-15/h3-8,10H,13H2,1-2H3/t10-/m1/s1. The predicted molar refractivity (Wildman–Crippen MR) is 60.9 cm³/mol. The van der Waals surface area contributed by atoms with Crippen LogP contribution in [0, 0.1) is 6.92 Å². The second-order valence-corrected chi connectivity index (χ2v) is 3.79. The van der Waals surface area contributed by atoms with E-state index in [0.29, 0.717) is 0 Å². The number of nitrogens with two attached hydrogens (primary N) is 1. The molecule has 0 bridgehead atoms. The summed E-state index contributed by atoms with van der Waals surface area (Å²) in [6.45, 7) is 4.06. The van der Waals surface area contributed by atoms with Crippen molar-refractivity contribution >= 4 is 0 Å². The van der Waals surface area contributed by atoms with Crippen molar-refractivity contribution in [3.05, 3.63) is 47.8 Å². The summed E-state index contributed by atoms with van der Waals surface area (Å²) in [6.07, 6.45) is 3.72. The summed E-state index contributed by atoms with van der Waals surface area (Å²) >= 11 is 0. The maximum absolute atomic E-state index is 5.83. The molecular formula is C12H15N3. The average Bonchev–Trinajstić information content (AvgIpc) is 2.70. The average molecular weight is 201 g/mol. The Kier molecular flexibility index (Phi) is 2.56. The lowest BCUT2D eigenvalue weighted by Crippen LogP contribution is -2.06. The molecule has 0 unspecified atom stereocenters. The molecule has 1 aromatic carbocycles. The summed E-state index contributed by atoms with van der Waals surface area (Å²) in [5.41, 5.74) is 9.27. The first kappa shape index (κ1) is 9.93. The van der Waals surface area contributed by atoms with Crippen molar-refractivity contribution in [1.29, 1.82) is 0 Å². The first-order valence-electron chi connectivity index (χ1n) is 5.04. The second-order valence-electron chi connectivity index (χ2n) is 3.79. The summed E-state index contributed by atoms with van der Waals surface area (Å²) in [4.78, 5) is 0. The molecule has 0 radical (unpaired) electrons. The highest BCUT2D eigenvalue weighted by molar-refractivity contribution is 5.42. The Balaban J connectivity index is 2.44. The number of benzene rings is 1. The Morgan fingerprint density at radius 3 is 2.73 bits per heavy atom. The van der Waals surface area contributed by atoms with E-state index in [-0.39, 0.29) is 6.04 Å². The fourth-order valence-electron chi connectivity index (χ4n) is 1.63. The van der Waals surface area contributed by atoms with Crippen molar-refractivity contribution in [3.8, 4) is 5.69 Å². The highest BCUT2D eigenvalue weighted by atomic mass is 15.3. The lowest BCUT2D eigenvalue weighted by atomic mass is 10.1. The Morgan fingerprint density at radius 2 is 2.20 bits per heavy atom. The van der Waals surface area contributed by atoms with Crippen molar-refractivity contribution in [1.82, 2.24) is 9.78 Å². The van der Waals surface area contributed by atoms with Crippen LogP contribution in [0.3, 0.4) is 0 Å². The van der Waals surface area contributed by atoms with Crippen LogP contribution in [-0.4, -0.2) is 9.78 Å². The van der Waals surface area contributed by atoms with Gasteiger partial charge in [0.2, 0.25) is 0 Å². The normalized spacial score (nSPS) is 12.7. The quantitative estimate of drug-likeness (QED) is 0.809. The maximum Gasteiger partial charge on any atom is 0.0674 e. The van der Waals surface area contributed by atoms with Crippen LogP contribution in [-0.2, 0) is 0 Å². The lowest BCUT2D eigenvalue weighted by molar-refractivity contribution is 0.811. The van der Waals surface area contributed by atoms with Gasteiger partial charge in [0, 0.05) is 18.4 Å². The zero-order valence-corrected chi connectivity index (χ0v) is 9.01. The second kappa shape index (κ2) is 3.87. The molecule has 1 heterocycles. The summed E-state index contributed by atoms with van der Waals surface area (Å²) in [5.74, 6) is 0. The molecular weight excluding hydrogens is 186 g/mol. The molecule has 0 saturated heterocycles. The molecule has 0 aliphatic rings. The first-order valence-corrected chi connectivity index (χ1v) is 5.04. The van der Waals surface area contributed by atoms with Gasteiger partial charge in [-0.1, -0.05) is 12.1 Å². The largest absolute Gasteiger partial charge is 0.324 e. The van der Waals surface area contributed by atoms with Gasteiger partial charge in [0.15, 0.2) is 0 Å². The van der Waals surface area contributed by atoms with Gasteiger partial charge in [-0.05, 0) is 37.1 Å².